The molecular formula is C14H19FN2S. The molecule has 0 aromatic heterocycles. The van der Waals surface area contributed by atoms with Crippen LogP contribution in [0.3, 0.4) is 0 Å². The Morgan fingerprint density at radius 3 is 2.78 bits per heavy atom. The summed E-state index contributed by atoms with van der Waals surface area (Å²) in [7, 11) is 0. The highest BCUT2D eigenvalue weighted by atomic mass is 32.1. The Kier molecular flexibility index (Phi) is 4.53. The third-order valence-corrected chi connectivity index (χ3v) is 3.80. The summed E-state index contributed by atoms with van der Waals surface area (Å²) in [6, 6.07) is 7.04. The molecule has 1 heterocycles. The SMILES string of the molecule is C[C@@H]1CCCCN1C(=S)NCc1ccc(F)cc1. The normalized spacial score (nSPS) is 19.7. The van der Waals surface area contributed by atoms with Gasteiger partial charge in [-0.1, -0.05) is 12.1 Å². The number of nitrogens with zero attached hydrogens (tertiary/aromatic N) is 1. The van der Waals surface area contributed by atoms with Crippen molar-refractivity contribution in [2.45, 2.75) is 38.8 Å². The molecule has 0 bridgehead atoms. The molecule has 1 fully saturated rings. The van der Waals surface area contributed by atoms with E-state index in [1.807, 2.05) is 0 Å². The van der Waals surface area contributed by atoms with Crippen molar-refractivity contribution >= 4 is 17.3 Å². The zero-order chi connectivity index (χ0) is 13.0. The van der Waals surface area contributed by atoms with E-state index in [9.17, 15) is 4.39 Å². The first-order chi connectivity index (χ1) is 8.66. The van der Waals surface area contributed by atoms with E-state index < -0.39 is 0 Å². The van der Waals surface area contributed by atoms with Crippen LogP contribution < -0.4 is 5.32 Å². The van der Waals surface area contributed by atoms with Crippen LogP contribution in [-0.4, -0.2) is 22.6 Å². The minimum atomic E-state index is -0.203. The molecule has 1 aliphatic rings. The maximum atomic E-state index is 12.8. The molecule has 0 aliphatic carbocycles. The van der Waals surface area contributed by atoms with Gasteiger partial charge in [-0.05, 0) is 56.1 Å². The lowest BCUT2D eigenvalue weighted by Gasteiger charge is -2.35. The van der Waals surface area contributed by atoms with E-state index in [2.05, 4.69) is 17.1 Å². The van der Waals surface area contributed by atoms with Crippen LogP contribution >= 0.6 is 12.2 Å². The zero-order valence-corrected chi connectivity index (χ0v) is 11.5. The number of hydrogen-bond donors (Lipinski definition) is 1. The van der Waals surface area contributed by atoms with Crippen LogP contribution in [0, 0.1) is 5.82 Å². The van der Waals surface area contributed by atoms with E-state index >= 15 is 0 Å². The first-order valence-corrected chi connectivity index (χ1v) is 6.86. The number of nitrogens with one attached hydrogen (secondary N) is 1. The molecule has 0 unspecified atom stereocenters. The van der Waals surface area contributed by atoms with Crippen LogP contribution in [-0.2, 0) is 6.54 Å². The van der Waals surface area contributed by atoms with E-state index in [0.29, 0.717) is 12.6 Å². The van der Waals surface area contributed by atoms with Gasteiger partial charge in [-0.2, -0.15) is 0 Å². The van der Waals surface area contributed by atoms with Crippen molar-refractivity contribution in [3.05, 3.63) is 35.6 Å². The summed E-state index contributed by atoms with van der Waals surface area (Å²) in [5.74, 6) is -0.203. The van der Waals surface area contributed by atoms with Crippen LogP contribution in [0.15, 0.2) is 24.3 Å². The molecule has 1 aromatic rings. The molecule has 2 nitrogen and oxygen atoms in total. The lowest BCUT2D eigenvalue weighted by molar-refractivity contribution is 0.255. The standard InChI is InChI=1S/C14H19FN2S/c1-11-4-2-3-9-17(11)14(18)16-10-12-5-7-13(15)8-6-12/h5-8,11H,2-4,9-10H2,1H3,(H,16,18)/t11-/m1/s1. The first kappa shape index (κ1) is 13.3. The molecule has 1 aliphatic heterocycles. The number of hydrogen-bond acceptors (Lipinski definition) is 1. The fourth-order valence-corrected chi connectivity index (χ4v) is 2.62. The lowest BCUT2D eigenvalue weighted by Crippen LogP contribution is -2.47. The summed E-state index contributed by atoms with van der Waals surface area (Å²) < 4.78 is 12.8. The third kappa shape index (κ3) is 3.42. The van der Waals surface area contributed by atoms with Crippen LogP contribution in [0.25, 0.3) is 0 Å². The minimum Gasteiger partial charge on any atom is -0.358 e. The maximum Gasteiger partial charge on any atom is 0.169 e. The van der Waals surface area contributed by atoms with Gasteiger partial charge >= 0.3 is 0 Å². The number of likely N-dealkylation sites (tertiary alicyclic amines) is 1. The van der Waals surface area contributed by atoms with Crippen LogP contribution in [0.2, 0.25) is 0 Å². The average Bonchev–Trinajstić information content (AvgIpc) is 2.38. The van der Waals surface area contributed by atoms with Crippen molar-refractivity contribution in [1.29, 1.82) is 0 Å². The minimum absolute atomic E-state index is 0.203. The van der Waals surface area contributed by atoms with Gasteiger partial charge in [-0.15, -0.1) is 0 Å². The Bertz CT molecular complexity index is 405. The second-order valence-corrected chi connectivity index (χ2v) is 5.21. The Hall–Kier alpha value is -1.16. The van der Waals surface area contributed by atoms with E-state index in [1.54, 1.807) is 12.1 Å². The van der Waals surface area contributed by atoms with Crippen LogP contribution in [0.1, 0.15) is 31.7 Å². The van der Waals surface area contributed by atoms with Gasteiger partial charge in [0.25, 0.3) is 0 Å². The Labute approximate surface area is 113 Å². The summed E-state index contributed by atoms with van der Waals surface area (Å²) in [6.45, 7) is 3.91. The molecule has 2 rings (SSSR count). The molecular weight excluding hydrogens is 247 g/mol. The predicted molar refractivity (Wildman–Crippen MR) is 75.9 cm³/mol. The first-order valence-electron chi connectivity index (χ1n) is 6.46. The number of halogens is 1. The summed E-state index contributed by atoms with van der Waals surface area (Å²) in [5, 5.41) is 4.07. The van der Waals surface area contributed by atoms with Crippen molar-refractivity contribution in [2.75, 3.05) is 6.54 Å². The molecule has 0 spiro atoms. The fraction of sp³-hybridized carbons (Fsp3) is 0.500. The zero-order valence-electron chi connectivity index (χ0n) is 10.7. The van der Waals surface area contributed by atoms with E-state index in [1.165, 1.54) is 31.4 Å². The lowest BCUT2D eigenvalue weighted by atomic mass is 10.0. The number of thiocarbonyl (C=S) groups is 1. The molecule has 1 aromatic carbocycles. The monoisotopic (exact) mass is 266 g/mol. The molecule has 0 saturated carbocycles. The van der Waals surface area contributed by atoms with E-state index in [4.69, 9.17) is 12.2 Å². The Morgan fingerprint density at radius 2 is 2.11 bits per heavy atom. The predicted octanol–water partition coefficient (Wildman–Crippen LogP) is 3.07. The van der Waals surface area contributed by atoms with E-state index in [0.717, 1.165) is 17.2 Å². The van der Waals surface area contributed by atoms with Crippen molar-refractivity contribution < 1.29 is 4.39 Å². The van der Waals surface area contributed by atoms with Gasteiger partial charge in [0.2, 0.25) is 0 Å². The molecule has 4 heteroatoms. The van der Waals surface area contributed by atoms with Gasteiger partial charge in [0.1, 0.15) is 5.82 Å². The molecule has 1 N–H and O–H groups in total. The largest absolute Gasteiger partial charge is 0.358 e. The highest BCUT2D eigenvalue weighted by molar-refractivity contribution is 7.80. The molecule has 1 saturated heterocycles. The van der Waals surface area contributed by atoms with Gasteiger partial charge in [-0.25, -0.2) is 4.39 Å². The molecule has 18 heavy (non-hydrogen) atoms. The molecule has 0 amide bonds. The van der Waals surface area contributed by atoms with Gasteiger partial charge in [-0.3, -0.25) is 0 Å². The summed E-state index contributed by atoms with van der Waals surface area (Å²) in [4.78, 5) is 2.25. The van der Waals surface area contributed by atoms with Crippen molar-refractivity contribution in [1.82, 2.24) is 10.2 Å². The van der Waals surface area contributed by atoms with Gasteiger partial charge in [0.05, 0.1) is 0 Å². The third-order valence-electron chi connectivity index (χ3n) is 3.42. The quantitative estimate of drug-likeness (QED) is 0.828. The Morgan fingerprint density at radius 1 is 1.39 bits per heavy atom. The second kappa shape index (κ2) is 6.14. The second-order valence-electron chi connectivity index (χ2n) is 4.82. The number of benzene rings is 1. The van der Waals surface area contributed by atoms with Gasteiger partial charge in [0, 0.05) is 19.1 Å². The van der Waals surface area contributed by atoms with Crippen LogP contribution in [0.4, 0.5) is 4.39 Å². The van der Waals surface area contributed by atoms with Crippen LogP contribution in [0.5, 0.6) is 0 Å². The Balaban J connectivity index is 1.85. The number of piperidine rings is 1. The fourth-order valence-electron chi connectivity index (χ4n) is 2.28. The molecule has 98 valence electrons. The maximum absolute atomic E-state index is 12.8. The summed E-state index contributed by atoms with van der Waals surface area (Å²) in [5.41, 5.74) is 1.04. The van der Waals surface area contributed by atoms with Gasteiger partial charge in [0.15, 0.2) is 5.11 Å². The molecule has 1 atom stereocenters. The summed E-state index contributed by atoms with van der Waals surface area (Å²) in [6.07, 6.45) is 3.71. The topological polar surface area (TPSA) is 15.3 Å². The van der Waals surface area contributed by atoms with Gasteiger partial charge < -0.3 is 10.2 Å². The van der Waals surface area contributed by atoms with Crippen molar-refractivity contribution in [3.63, 3.8) is 0 Å². The highest BCUT2D eigenvalue weighted by Gasteiger charge is 2.20. The van der Waals surface area contributed by atoms with E-state index in [-0.39, 0.29) is 5.82 Å². The van der Waals surface area contributed by atoms with Crippen molar-refractivity contribution in [3.8, 4) is 0 Å². The highest BCUT2D eigenvalue weighted by Crippen LogP contribution is 2.16. The number of rotatable bonds is 2. The summed E-state index contributed by atoms with van der Waals surface area (Å²) >= 11 is 5.42. The smallest absolute Gasteiger partial charge is 0.169 e. The average molecular weight is 266 g/mol. The van der Waals surface area contributed by atoms with Crippen molar-refractivity contribution in [2.24, 2.45) is 0 Å². The molecule has 0 radical (unpaired) electrons.